The zero-order valence-corrected chi connectivity index (χ0v) is 38.1. The molecule has 4 N–H and O–H groups in total. The highest BCUT2D eigenvalue weighted by molar-refractivity contribution is 7.60. The second-order valence-corrected chi connectivity index (χ2v) is 21.6. The van der Waals surface area contributed by atoms with Gasteiger partial charge in [0.15, 0.2) is 5.13 Å². The van der Waals surface area contributed by atoms with Crippen molar-refractivity contribution in [2.24, 2.45) is 11.3 Å². The minimum absolute atomic E-state index is 0.0139. The number of nitrogens with zero attached hydrogens (tertiary/aromatic N) is 3. The highest BCUT2D eigenvalue weighted by Gasteiger charge is 2.65. The van der Waals surface area contributed by atoms with Crippen molar-refractivity contribution in [1.82, 2.24) is 25.5 Å². The molecule has 2 aromatic heterocycles. The summed E-state index contributed by atoms with van der Waals surface area (Å²) >= 11 is 1.46. The quantitative estimate of drug-likeness (QED) is 0.0630. The van der Waals surface area contributed by atoms with Crippen molar-refractivity contribution >= 4 is 52.6 Å². The van der Waals surface area contributed by atoms with Crippen LogP contribution in [0.3, 0.4) is 0 Å². The average molecular weight is 887 g/mol. The number of aromatic nitrogens is 2. The summed E-state index contributed by atoms with van der Waals surface area (Å²) in [5.74, 6) is -0.445. The number of amides is 3. The Hall–Kier alpha value is -4.98. The molecule has 0 bridgehead atoms. The maximum atomic E-state index is 14.9. The first-order valence-corrected chi connectivity index (χ1v) is 24.2. The van der Waals surface area contributed by atoms with Gasteiger partial charge < -0.3 is 40.0 Å². The molecule has 2 aliphatic carbocycles. The summed E-state index contributed by atoms with van der Waals surface area (Å²) in [7, 11) is -2.44. The number of aryl methyl sites for hydroxylation is 1. The van der Waals surface area contributed by atoms with Crippen molar-refractivity contribution in [1.29, 1.82) is 0 Å². The van der Waals surface area contributed by atoms with E-state index in [0.717, 1.165) is 36.4 Å². The summed E-state index contributed by atoms with van der Waals surface area (Å²) in [5, 5.41) is 11.1. The summed E-state index contributed by atoms with van der Waals surface area (Å²) < 4.78 is 32.4. The van der Waals surface area contributed by atoms with Crippen molar-refractivity contribution < 1.29 is 38.1 Å². The van der Waals surface area contributed by atoms with Crippen LogP contribution in [-0.2, 0) is 25.3 Å². The first kappa shape index (κ1) is 45.1. The molecule has 16 heteroatoms. The van der Waals surface area contributed by atoms with Crippen LogP contribution in [-0.4, -0.2) is 93.1 Å². The van der Waals surface area contributed by atoms with Gasteiger partial charge in [-0.25, -0.2) is 14.8 Å². The SMILES string of the molecule is C=C[C@@H]1C[C@]1(NC(=O)[C@@H]1C[C@@H](Oc2cc(-c3csc(NC(C)C)n3)nc3cc(OC)ccc23)CN1C(=O)[C@@H](NC(=O)OC1CCCC1)C(C)(C)C)P(=O)(O)CCc1ccccc1. The molecule has 1 saturated heterocycles. The van der Waals surface area contributed by atoms with Gasteiger partial charge in [-0.2, -0.15) is 0 Å². The van der Waals surface area contributed by atoms with E-state index in [2.05, 4.69) is 22.5 Å². The molecule has 3 fully saturated rings. The molecule has 7 rings (SSSR count). The fraction of sp³-hybridized carbons (Fsp3) is 0.500. The predicted molar refractivity (Wildman–Crippen MR) is 242 cm³/mol. The van der Waals surface area contributed by atoms with E-state index in [4.69, 9.17) is 24.2 Å². The molecule has 2 aromatic carbocycles. The van der Waals surface area contributed by atoms with Crippen LogP contribution in [0.5, 0.6) is 11.5 Å². The number of hydrogen-bond donors (Lipinski definition) is 4. The highest BCUT2D eigenvalue weighted by Crippen LogP contribution is 2.69. The van der Waals surface area contributed by atoms with Crippen molar-refractivity contribution in [3.05, 3.63) is 78.2 Å². The Kier molecular flexibility index (Phi) is 13.4. The van der Waals surface area contributed by atoms with Crippen LogP contribution >= 0.6 is 18.7 Å². The van der Waals surface area contributed by atoms with E-state index in [1.54, 1.807) is 13.2 Å². The first-order valence-electron chi connectivity index (χ1n) is 21.5. The van der Waals surface area contributed by atoms with Gasteiger partial charge in [0.2, 0.25) is 19.2 Å². The topological polar surface area (TPSA) is 181 Å². The Labute approximate surface area is 367 Å². The third-order valence-electron chi connectivity index (χ3n) is 12.0. The van der Waals surface area contributed by atoms with Gasteiger partial charge >= 0.3 is 6.09 Å². The Morgan fingerprint density at radius 3 is 2.47 bits per heavy atom. The van der Waals surface area contributed by atoms with Crippen LogP contribution in [0.2, 0.25) is 0 Å². The number of carbonyl (C=O) groups excluding carboxylic acids is 3. The molecule has 4 aromatic rings. The smallest absolute Gasteiger partial charge is 0.408 e. The monoisotopic (exact) mass is 886 g/mol. The normalized spacial score (nSPS) is 22.8. The van der Waals surface area contributed by atoms with E-state index in [1.165, 1.54) is 16.2 Å². The summed E-state index contributed by atoms with van der Waals surface area (Å²) in [6, 6.07) is 14.7. The van der Waals surface area contributed by atoms with Gasteiger partial charge in [-0.1, -0.05) is 57.2 Å². The van der Waals surface area contributed by atoms with Crippen molar-refractivity contribution in [3.63, 3.8) is 0 Å². The number of benzene rings is 2. The van der Waals surface area contributed by atoms with Crippen LogP contribution in [0.15, 0.2) is 72.6 Å². The van der Waals surface area contributed by atoms with Gasteiger partial charge in [0, 0.05) is 47.4 Å². The number of pyridine rings is 1. The number of ether oxygens (including phenoxy) is 3. The van der Waals surface area contributed by atoms with E-state index < -0.39 is 60.1 Å². The molecule has 2 saturated carbocycles. The van der Waals surface area contributed by atoms with E-state index in [9.17, 15) is 23.8 Å². The van der Waals surface area contributed by atoms with Gasteiger partial charge in [0.25, 0.3) is 0 Å². The summed E-state index contributed by atoms with van der Waals surface area (Å²) in [6.45, 7) is 13.5. The lowest BCUT2D eigenvalue weighted by atomic mass is 9.85. The van der Waals surface area contributed by atoms with Gasteiger partial charge in [-0.3, -0.25) is 14.2 Å². The van der Waals surface area contributed by atoms with E-state index in [0.29, 0.717) is 40.2 Å². The number of hydrogen-bond acceptors (Lipinski definition) is 11. The summed E-state index contributed by atoms with van der Waals surface area (Å²) in [5.41, 5.74) is 1.92. The zero-order chi connectivity index (χ0) is 44.4. The number of rotatable bonds is 16. The van der Waals surface area contributed by atoms with E-state index in [-0.39, 0.29) is 37.7 Å². The molecular weight excluding hydrogens is 828 g/mol. The number of nitrogens with one attached hydrogen (secondary N) is 3. The standard InChI is InChI=1S/C46H59N6O8PS/c1-8-30-25-46(30,61(56,57)21-20-29-14-10-9-11-15-29)51-41(53)38-23-33(26-52(38)42(54)40(45(4,5)6)50-44(55)60-31-16-12-13-17-31)59-39-24-36(37-27-62-43(49-37)47-28(2)3)48-35-22-32(58-7)18-19-34(35)39/h8-11,14-15,18-19,22,24,27-28,30-31,33,38,40H,1,12-13,16-17,20-21,23,25-26H2,2-7H3,(H,47,49)(H,50,55)(H,51,53)(H,56,57)/t30-,33-,38+,40-,46+/m1/s1. The molecule has 3 aliphatic rings. The molecule has 332 valence electrons. The second-order valence-electron chi connectivity index (χ2n) is 18.1. The lowest BCUT2D eigenvalue weighted by Gasteiger charge is -2.36. The Morgan fingerprint density at radius 2 is 1.81 bits per heavy atom. The maximum Gasteiger partial charge on any atom is 0.408 e. The minimum atomic E-state index is -4.02. The number of anilines is 1. The molecular formula is C46H59N6O8PS. The lowest BCUT2D eigenvalue weighted by Crippen LogP contribution is -2.58. The Bertz CT molecular complexity index is 2330. The molecule has 0 spiro atoms. The van der Waals surface area contributed by atoms with Crippen LogP contribution in [0.1, 0.15) is 78.7 Å². The third-order valence-corrected chi connectivity index (χ3v) is 15.5. The van der Waals surface area contributed by atoms with Gasteiger partial charge in [0.05, 0.1) is 24.9 Å². The number of carbonyl (C=O) groups is 3. The number of thiazole rings is 1. The van der Waals surface area contributed by atoms with Crippen LogP contribution < -0.4 is 25.4 Å². The second kappa shape index (κ2) is 18.4. The maximum absolute atomic E-state index is 14.9. The molecule has 3 amide bonds. The molecule has 0 radical (unpaired) electrons. The largest absolute Gasteiger partial charge is 0.497 e. The fourth-order valence-electron chi connectivity index (χ4n) is 8.52. The Morgan fingerprint density at radius 1 is 1.06 bits per heavy atom. The van der Waals surface area contributed by atoms with E-state index >= 15 is 0 Å². The van der Waals surface area contributed by atoms with Crippen LogP contribution in [0.25, 0.3) is 22.3 Å². The molecule has 62 heavy (non-hydrogen) atoms. The van der Waals surface area contributed by atoms with Crippen molar-refractivity contribution in [3.8, 4) is 22.9 Å². The molecule has 14 nitrogen and oxygen atoms in total. The highest BCUT2D eigenvalue weighted by atomic mass is 32.1. The van der Waals surface area contributed by atoms with Crippen LogP contribution in [0.4, 0.5) is 9.93 Å². The minimum Gasteiger partial charge on any atom is -0.497 e. The third kappa shape index (κ3) is 9.95. The summed E-state index contributed by atoms with van der Waals surface area (Å²) in [4.78, 5) is 65.8. The fourth-order valence-corrected chi connectivity index (χ4v) is 11.7. The zero-order valence-electron chi connectivity index (χ0n) is 36.4. The molecule has 1 unspecified atom stereocenters. The number of alkyl carbamates (subject to hydrolysis) is 1. The lowest BCUT2D eigenvalue weighted by molar-refractivity contribution is -0.142. The van der Waals surface area contributed by atoms with Gasteiger partial charge in [0.1, 0.15) is 46.8 Å². The predicted octanol–water partition coefficient (Wildman–Crippen LogP) is 8.15. The van der Waals surface area contributed by atoms with E-state index in [1.807, 2.05) is 94.6 Å². The Balaban J connectivity index is 1.21. The number of likely N-dealkylation sites (tertiary alicyclic amines) is 1. The number of methoxy groups -OCH3 is 1. The molecule has 6 atom stereocenters. The van der Waals surface area contributed by atoms with Crippen LogP contribution in [0, 0.1) is 11.3 Å². The van der Waals surface area contributed by atoms with Crippen molar-refractivity contribution in [2.75, 3.05) is 25.1 Å². The first-order chi connectivity index (χ1) is 29.5. The molecule has 1 aliphatic heterocycles. The number of fused-ring (bicyclic) bond motifs is 1. The van der Waals surface area contributed by atoms with Gasteiger partial charge in [-0.05, 0) is 75.5 Å². The molecule has 3 heterocycles. The average Bonchev–Trinajstić information content (AvgIpc) is 3.63. The van der Waals surface area contributed by atoms with Gasteiger partial charge in [-0.15, -0.1) is 17.9 Å². The van der Waals surface area contributed by atoms with Crippen molar-refractivity contribution in [2.45, 2.75) is 115 Å². The summed E-state index contributed by atoms with van der Waals surface area (Å²) in [6.07, 6.45) is 4.05.